The fourth-order valence-electron chi connectivity index (χ4n) is 5.95. The number of para-hydroxylation sites is 1. The second-order valence-electron chi connectivity index (χ2n) is 12.3. The molecule has 2 aliphatic carbocycles. The lowest BCUT2D eigenvalue weighted by molar-refractivity contribution is -0.163. The summed E-state index contributed by atoms with van der Waals surface area (Å²) >= 11 is 0. The second-order valence-corrected chi connectivity index (χ2v) is 12.3. The van der Waals surface area contributed by atoms with E-state index in [1.165, 1.54) is 0 Å². The molecule has 0 saturated heterocycles. The zero-order valence-electron chi connectivity index (χ0n) is 24.3. The molecule has 0 aromatic heterocycles. The number of ether oxygens (including phenoxy) is 2. The molecule has 0 amide bonds. The van der Waals surface area contributed by atoms with Crippen molar-refractivity contribution in [3.05, 3.63) is 53.6 Å². The third-order valence-electron chi connectivity index (χ3n) is 8.03. The monoisotopic (exact) mass is 558 g/mol. The third kappa shape index (κ3) is 8.41. The lowest BCUT2D eigenvalue weighted by Gasteiger charge is -2.43. The average Bonchev–Trinajstić information content (AvgIpc) is 2.85. The van der Waals surface area contributed by atoms with Gasteiger partial charge in [0.05, 0.1) is 24.7 Å². The SMILES string of the molecule is CCC(Oc1ccccc1C(C)(C)C)C(=O)O[C@H]1C[C@H](O)C=C2C=C[C@H](C)[C@H](CC[C@@H](O)C[C@@H](O)CC(=O)O)[C@H]21. The van der Waals surface area contributed by atoms with Crippen LogP contribution >= 0.6 is 0 Å². The Bertz CT molecular complexity index is 1070. The first-order chi connectivity index (χ1) is 18.8. The van der Waals surface area contributed by atoms with Crippen molar-refractivity contribution in [2.75, 3.05) is 0 Å². The van der Waals surface area contributed by atoms with Gasteiger partial charge in [0.15, 0.2) is 6.10 Å². The Labute approximate surface area is 237 Å². The van der Waals surface area contributed by atoms with E-state index in [1.54, 1.807) is 0 Å². The lowest BCUT2D eigenvalue weighted by atomic mass is 9.66. The summed E-state index contributed by atoms with van der Waals surface area (Å²) in [7, 11) is 0. The summed E-state index contributed by atoms with van der Waals surface area (Å²) in [5.41, 5.74) is 1.74. The summed E-state index contributed by atoms with van der Waals surface area (Å²) in [5, 5.41) is 39.9. The van der Waals surface area contributed by atoms with Crippen LogP contribution in [0, 0.1) is 17.8 Å². The molecule has 2 aliphatic rings. The number of aliphatic hydroxyl groups excluding tert-OH is 3. The quantitative estimate of drug-likeness (QED) is 0.275. The number of hydrogen-bond donors (Lipinski definition) is 4. The van der Waals surface area contributed by atoms with E-state index in [4.69, 9.17) is 14.6 Å². The first kappa shape index (κ1) is 31.8. The first-order valence-electron chi connectivity index (χ1n) is 14.4. The molecule has 1 aromatic carbocycles. The summed E-state index contributed by atoms with van der Waals surface area (Å²) in [4.78, 5) is 24.3. The molecule has 3 rings (SSSR count). The number of carbonyl (C=O) groups is 2. The molecule has 40 heavy (non-hydrogen) atoms. The van der Waals surface area contributed by atoms with Gasteiger partial charge in [-0.25, -0.2) is 4.79 Å². The van der Waals surface area contributed by atoms with Crippen LogP contribution in [-0.2, 0) is 19.7 Å². The highest BCUT2D eigenvalue weighted by Crippen LogP contribution is 2.44. The Hall–Kier alpha value is -2.68. The van der Waals surface area contributed by atoms with Crippen molar-refractivity contribution < 1.29 is 39.5 Å². The summed E-state index contributed by atoms with van der Waals surface area (Å²) in [6.45, 7) is 10.2. The number of carbonyl (C=O) groups excluding carboxylic acids is 1. The zero-order valence-corrected chi connectivity index (χ0v) is 24.3. The molecule has 1 unspecified atom stereocenters. The predicted molar refractivity (Wildman–Crippen MR) is 152 cm³/mol. The van der Waals surface area contributed by atoms with E-state index in [0.717, 1.165) is 11.1 Å². The summed E-state index contributed by atoms with van der Waals surface area (Å²) in [6.07, 6.45) is 3.01. The number of hydrogen-bond acceptors (Lipinski definition) is 7. The number of allylic oxidation sites excluding steroid dienone is 2. The van der Waals surface area contributed by atoms with E-state index in [2.05, 4.69) is 33.8 Å². The van der Waals surface area contributed by atoms with Gasteiger partial charge in [0.2, 0.25) is 0 Å². The van der Waals surface area contributed by atoms with E-state index < -0.39 is 48.9 Å². The van der Waals surface area contributed by atoms with Crippen molar-refractivity contribution in [3.63, 3.8) is 0 Å². The van der Waals surface area contributed by atoms with Gasteiger partial charge in [-0.05, 0) is 60.1 Å². The van der Waals surface area contributed by atoms with Gasteiger partial charge in [0.1, 0.15) is 11.9 Å². The molecular formula is C32H46O8. The third-order valence-corrected chi connectivity index (χ3v) is 8.03. The van der Waals surface area contributed by atoms with Gasteiger partial charge in [-0.2, -0.15) is 0 Å². The molecule has 0 spiro atoms. The maximum absolute atomic E-state index is 13.5. The number of aliphatic hydroxyl groups is 3. The van der Waals surface area contributed by atoms with Crippen LogP contribution in [0.5, 0.6) is 5.75 Å². The van der Waals surface area contributed by atoms with Crippen LogP contribution in [0.1, 0.15) is 78.7 Å². The van der Waals surface area contributed by atoms with Crippen molar-refractivity contribution in [2.45, 2.75) is 109 Å². The largest absolute Gasteiger partial charge is 0.481 e. The Balaban J connectivity index is 1.74. The van der Waals surface area contributed by atoms with Crippen LogP contribution in [-0.4, -0.2) is 62.9 Å². The maximum atomic E-state index is 13.5. The number of esters is 1. The van der Waals surface area contributed by atoms with Gasteiger partial charge in [0, 0.05) is 12.3 Å². The molecule has 8 heteroatoms. The molecule has 0 heterocycles. The number of rotatable bonds is 12. The van der Waals surface area contributed by atoms with E-state index in [0.29, 0.717) is 25.0 Å². The lowest BCUT2D eigenvalue weighted by Crippen LogP contribution is -2.44. The molecule has 8 atom stereocenters. The van der Waals surface area contributed by atoms with E-state index in [9.17, 15) is 24.9 Å². The van der Waals surface area contributed by atoms with Gasteiger partial charge in [0.25, 0.3) is 0 Å². The van der Waals surface area contributed by atoms with Crippen molar-refractivity contribution in [3.8, 4) is 5.75 Å². The molecule has 0 radical (unpaired) electrons. The fraction of sp³-hybridized carbons (Fsp3) is 0.625. The zero-order chi connectivity index (χ0) is 29.6. The van der Waals surface area contributed by atoms with E-state index >= 15 is 0 Å². The molecule has 0 fully saturated rings. The molecule has 0 bridgehead atoms. The second kappa shape index (κ2) is 13.8. The molecule has 8 nitrogen and oxygen atoms in total. The number of carboxylic acid groups (broad SMARTS) is 1. The minimum Gasteiger partial charge on any atom is -0.481 e. The van der Waals surface area contributed by atoms with Crippen LogP contribution in [0.25, 0.3) is 0 Å². The fourth-order valence-corrected chi connectivity index (χ4v) is 5.95. The molecule has 1 aromatic rings. The van der Waals surface area contributed by atoms with Crippen molar-refractivity contribution in [1.29, 1.82) is 0 Å². The number of benzene rings is 1. The molecule has 0 aliphatic heterocycles. The van der Waals surface area contributed by atoms with Gasteiger partial charge >= 0.3 is 11.9 Å². The Morgan fingerprint density at radius 2 is 1.82 bits per heavy atom. The highest BCUT2D eigenvalue weighted by Gasteiger charge is 2.42. The number of fused-ring (bicyclic) bond motifs is 1. The summed E-state index contributed by atoms with van der Waals surface area (Å²) < 4.78 is 12.3. The smallest absolute Gasteiger partial charge is 0.347 e. The Morgan fingerprint density at radius 3 is 2.48 bits per heavy atom. The van der Waals surface area contributed by atoms with E-state index in [1.807, 2.05) is 43.3 Å². The Morgan fingerprint density at radius 1 is 1.12 bits per heavy atom. The highest BCUT2D eigenvalue weighted by molar-refractivity contribution is 5.75. The van der Waals surface area contributed by atoms with Gasteiger partial charge in [-0.1, -0.05) is 71.0 Å². The van der Waals surface area contributed by atoms with Gasteiger partial charge in [-0.3, -0.25) is 4.79 Å². The molecule has 0 saturated carbocycles. The van der Waals surface area contributed by atoms with Gasteiger partial charge < -0.3 is 29.9 Å². The van der Waals surface area contributed by atoms with Gasteiger partial charge in [-0.15, -0.1) is 0 Å². The minimum atomic E-state index is -1.11. The topological polar surface area (TPSA) is 134 Å². The van der Waals surface area contributed by atoms with Crippen LogP contribution in [0.2, 0.25) is 0 Å². The standard InChI is InChI=1S/C32H46O8/c1-6-26(39-27-10-8-7-9-25(27)32(3,4)5)31(38)40-28-17-22(34)15-20-12-11-19(2)24(30(20)28)14-13-21(33)16-23(35)18-29(36)37/h7-12,15,19,21-24,26,28,30,33-35H,6,13-14,16-18H2,1-5H3,(H,36,37)/t19-,21+,22+,23+,24-,26?,28-,30-/m0/s1. The van der Waals surface area contributed by atoms with Crippen molar-refractivity contribution in [1.82, 2.24) is 0 Å². The molecule has 4 N–H and O–H groups in total. The molecular weight excluding hydrogens is 512 g/mol. The number of aliphatic carboxylic acids is 1. The average molecular weight is 559 g/mol. The maximum Gasteiger partial charge on any atom is 0.347 e. The van der Waals surface area contributed by atoms with Crippen LogP contribution in [0.3, 0.4) is 0 Å². The highest BCUT2D eigenvalue weighted by atomic mass is 16.6. The van der Waals surface area contributed by atoms with Crippen LogP contribution < -0.4 is 4.74 Å². The van der Waals surface area contributed by atoms with Crippen LogP contribution in [0.15, 0.2) is 48.1 Å². The van der Waals surface area contributed by atoms with Crippen LogP contribution in [0.4, 0.5) is 0 Å². The Kier molecular flexibility index (Phi) is 11.0. The minimum absolute atomic E-state index is 0.0146. The van der Waals surface area contributed by atoms with Crippen molar-refractivity contribution in [2.24, 2.45) is 17.8 Å². The number of carboxylic acids is 1. The van der Waals surface area contributed by atoms with E-state index in [-0.39, 0.29) is 36.0 Å². The first-order valence-corrected chi connectivity index (χ1v) is 14.4. The summed E-state index contributed by atoms with van der Waals surface area (Å²) in [6, 6.07) is 7.69. The summed E-state index contributed by atoms with van der Waals surface area (Å²) in [5.74, 6) is -0.941. The normalized spacial score (nSPS) is 26.7. The molecule has 222 valence electrons. The van der Waals surface area contributed by atoms with Crippen molar-refractivity contribution >= 4 is 11.9 Å². The predicted octanol–water partition coefficient (Wildman–Crippen LogP) is 4.55.